The smallest absolute Gasteiger partial charge is 0.280 e. The molecule has 2 aliphatic rings. The monoisotopic (exact) mass is 293 g/mol. The first-order valence-electron chi connectivity index (χ1n) is 7.55. The average molecular weight is 293 g/mol. The van der Waals surface area contributed by atoms with Gasteiger partial charge in [0.1, 0.15) is 0 Å². The molecule has 4 nitrogen and oxygen atoms in total. The number of carbonyl (C=O) groups is 1. The number of likely N-dealkylation sites (tertiary alicyclic amines) is 1. The number of thiazole rings is 1. The highest BCUT2D eigenvalue weighted by Crippen LogP contribution is 2.42. The fourth-order valence-corrected chi connectivity index (χ4v) is 3.78. The van der Waals surface area contributed by atoms with Crippen LogP contribution >= 0.6 is 11.3 Å². The van der Waals surface area contributed by atoms with Gasteiger partial charge in [0.2, 0.25) is 0 Å². The minimum atomic E-state index is 0.00403. The first kappa shape index (κ1) is 14.0. The predicted molar refractivity (Wildman–Crippen MR) is 81.2 cm³/mol. The maximum atomic E-state index is 12.3. The van der Waals surface area contributed by atoms with Crippen LogP contribution in [0, 0.1) is 5.92 Å². The van der Waals surface area contributed by atoms with E-state index in [1.807, 2.05) is 6.20 Å². The lowest BCUT2D eigenvalue weighted by Gasteiger charge is -2.20. The predicted octanol–water partition coefficient (Wildman–Crippen LogP) is 2.48. The van der Waals surface area contributed by atoms with E-state index < -0.39 is 0 Å². The molecular formula is C15H23N3OS. The second kappa shape index (κ2) is 5.45. The Morgan fingerprint density at radius 1 is 1.45 bits per heavy atom. The van der Waals surface area contributed by atoms with Gasteiger partial charge in [0.25, 0.3) is 5.91 Å². The van der Waals surface area contributed by atoms with Crippen molar-refractivity contribution in [3.8, 4) is 0 Å². The van der Waals surface area contributed by atoms with Crippen LogP contribution in [-0.2, 0) is 0 Å². The molecule has 1 aromatic heterocycles. The van der Waals surface area contributed by atoms with Crippen LogP contribution in [-0.4, -0.2) is 41.0 Å². The van der Waals surface area contributed by atoms with Gasteiger partial charge in [0.15, 0.2) is 5.01 Å². The second-order valence-corrected chi connectivity index (χ2v) is 7.51. The van der Waals surface area contributed by atoms with Crippen LogP contribution < -0.4 is 5.32 Å². The molecule has 1 saturated carbocycles. The molecule has 1 aliphatic carbocycles. The van der Waals surface area contributed by atoms with Crippen LogP contribution in [0.4, 0.5) is 0 Å². The Kier molecular flexibility index (Phi) is 3.82. The molecule has 1 saturated heterocycles. The van der Waals surface area contributed by atoms with Crippen molar-refractivity contribution >= 4 is 17.2 Å². The van der Waals surface area contributed by atoms with Crippen LogP contribution in [0.3, 0.4) is 0 Å². The van der Waals surface area contributed by atoms with Gasteiger partial charge >= 0.3 is 0 Å². The summed E-state index contributed by atoms with van der Waals surface area (Å²) in [6.07, 6.45) is 4.40. The molecule has 1 aliphatic heterocycles. The van der Waals surface area contributed by atoms with E-state index in [0.717, 1.165) is 13.1 Å². The van der Waals surface area contributed by atoms with Crippen LogP contribution in [0.25, 0.3) is 0 Å². The highest BCUT2D eigenvalue weighted by molar-refractivity contribution is 7.13. The van der Waals surface area contributed by atoms with Crippen molar-refractivity contribution in [2.45, 2.75) is 51.6 Å². The normalized spacial score (nSPS) is 27.2. The summed E-state index contributed by atoms with van der Waals surface area (Å²) < 4.78 is 0. The number of rotatable bonds is 4. The summed E-state index contributed by atoms with van der Waals surface area (Å²) >= 11 is 1.57. The molecule has 2 fully saturated rings. The molecule has 0 radical (unpaired) electrons. The third kappa shape index (κ3) is 2.88. The van der Waals surface area contributed by atoms with E-state index in [1.165, 1.54) is 17.7 Å². The van der Waals surface area contributed by atoms with Gasteiger partial charge in [-0.25, -0.2) is 4.98 Å². The zero-order valence-corrected chi connectivity index (χ0v) is 13.2. The summed E-state index contributed by atoms with van der Waals surface area (Å²) in [4.78, 5) is 20.3. The number of carbonyl (C=O) groups excluding carboxylic acids is 1. The van der Waals surface area contributed by atoms with Crippen molar-refractivity contribution in [2.75, 3.05) is 13.1 Å². The maximum Gasteiger partial charge on any atom is 0.280 e. The number of hydrogen-bond acceptors (Lipinski definition) is 4. The van der Waals surface area contributed by atoms with Gasteiger partial charge in [0.05, 0.1) is 0 Å². The van der Waals surface area contributed by atoms with Crippen LogP contribution in [0.5, 0.6) is 0 Å². The Bertz CT molecular complexity index is 495. The SMILES string of the molecule is CC(C)N1C[C@@H](C)[C@H](NC(=O)c2ncc(C3CC3)s2)C1. The highest BCUT2D eigenvalue weighted by Gasteiger charge is 2.33. The van der Waals surface area contributed by atoms with Crippen molar-refractivity contribution in [2.24, 2.45) is 5.92 Å². The second-order valence-electron chi connectivity index (χ2n) is 6.45. The van der Waals surface area contributed by atoms with Gasteiger partial charge in [-0.05, 0) is 38.5 Å². The van der Waals surface area contributed by atoms with Crippen LogP contribution in [0.1, 0.15) is 54.2 Å². The average Bonchev–Trinajstić information content (AvgIpc) is 3.01. The van der Waals surface area contributed by atoms with E-state index in [9.17, 15) is 4.79 Å². The molecule has 0 spiro atoms. The lowest BCUT2D eigenvalue weighted by Crippen LogP contribution is -2.40. The summed E-state index contributed by atoms with van der Waals surface area (Å²) in [5.41, 5.74) is 0. The largest absolute Gasteiger partial charge is 0.346 e. The fourth-order valence-electron chi connectivity index (χ4n) is 2.79. The molecule has 3 rings (SSSR count). The van der Waals surface area contributed by atoms with Gasteiger partial charge in [-0.3, -0.25) is 9.69 Å². The minimum absolute atomic E-state index is 0.00403. The summed E-state index contributed by atoms with van der Waals surface area (Å²) in [6.45, 7) is 8.64. The molecule has 2 atom stereocenters. The lowest BCUT2D eigenvalue weighted by molar-refractivity contribution is 0.0930. The quantitative estimate of drug-likeness (QED) is 0.927. The fraction of sp³-hybridized carbons (Fsp3) is 0.733. The number of hydrogen-bond donors (Lipinski definition) is 1. The third-order valence-electron chi connectivity index (χ3n) is 4.38. The Labute approximate surface area is 124 Å². The van der Waals surface area contributed by atoms with E-state index in [2.05, 4.69) is 36.0 Å². The summed E-state index contributed by atoms with van der Waals surface area (Å²) in [5, 5.41) is 3.80. The molecule has 1 aromatic rings. The van der Waals surface area contributed by atoms with Gasteiger partial charge in [-0.1, -0.05) is 6.92 Å². The zero-order valence-electron chi connectivity index (χ0n) is 12.4. The van der Waals surface area contributed by atoms with E-state index in [1.54, 1.807) is 11.3 Å². The lowest BCUT2D eigenvalue weighted by atomic mass is 10.1. The van der Waals surface area contributed by atoms with Gasteiger partial charge < -0.3 is 5.32 Å². The molecule has 110 valence electrons. The van der Waals surface area contributed by atoms with Gasteiger partial charge in [-0.15, -0.1) is 11.3 Å². The maximum absolute atomic E-state index is 12.3. The van der Waals surface area contributed by atoms with E-state index in [-0.39, 0.29) is 11.9 Å². The number of amides is 1. The summed E-state index contributed by atoms with van der Waals surface area (Å²) in [5.74, 6) is 1.18. The molecule has 2 heterocycles. The Hall–Kier alpha value is -0.940. The van der Waals surface area contributed by atoms with Crippen molar-refractivity contribution in [3.05, 3.63) is 16.1 Å². The summed E-state index contributed by atoms with van der Waals surface area (Å²) in [6, 6.07) is 0.791. The van der Waals surface area contributed by atoms with Crippen molar-refractivity contribution in [3.63, 3.8) is 0 Å². The first-order chi connectivity index (χ1) is 9.54. The number of aromatic nitrogens is 1. The van der Waals surface area contributed by atoms with Crippen LogP contribution in [0.15, 0.2) is 6.20 Å². The molecule has 0 unspecified atom stereocenters. The van der Waals surface area contributed by atoms with E-state index in [0.29, 0.717) is 22.9 Å². The molecule has 1 amide bonds. The van der Waals surface area contributed by atoms with E-state index >= 15 is 0 Å². The number of nitrogens with one attached hydrogen (secondary N) is 1. The van der Waals surface area contributed by atoms with Gasteiger partial charge in [-0.2, -0.15) is 0 Å². The highest BCUT2D eigenvalue weighted by atomic mass is 32.1. The van der Waals surface area contributed by atoms with Crippen molar-refractivity contribution in [1.82, 2.24) is 15.2 Å². The zero-order chi connectivity index (χ0) is 14.3. The minimum Gasteiger partial charge on any atom is -0.346 e. The van der Waals surface area contributed by atoms with Gasteiger partial charge in [0, 0.05) is 36.2 Å². The third-order valence-corrected chi connectivity index (χ3v) is 5.54. The number of nitrogens with zero attached hydrogens (tertiary/aromatic N) is 2. The molecule has 20 heavy (non-hydrogen) atoms. The Balaban J connectivity index is 1.60. The summed E-state index contributed by atoms with van der Waals surface area (Å²) in [7, 11) is 0. The first-order valence-corrected chi connectivity index (χ1v) is 8.37. The molecule has 0 bridgehead atoms. The molecule has 1 N–H and O–H groups in total. The topological polar surface area (TPSA) is 45.2 Å². The molecular weight excluding hydrogens is 270 g/mol. The van der Waals surface area contributed by atoms with Crippen molar-refractivity contribution in [1.29, 1.82) is 0 Å². The standard InChI is InChI=1S/C15H23N3OS/c1-9(2)18-7-10(3)12(8-18)17-14(19)15-16-6-13(20-15)11-4-5-11/h6,9-12H,4-5,7-8H2,1-3H3,(H,17,19)/t10-,12-/m1/s1. The molecule has 0 aromatic carbocycles. The Morgan fingerprint density at radius 2 is 2.20 bits per heavy atom. The van der Waals surface area contributed by atoms with Crippen molar-refractivity contribution < 1.29 is 4.79 Å². The molecule has 5 heteroatoms. The van der Waals surface area contributed by atoms with Crippen LogP contribution in [0.2, 0.25) is 0 Å². The Morgan fingerprint density at radius 3 is 2.80 bits per heavy atom. The van der Waals surface area contributed by atoms with E-state index in [4.69, 9.17) is 0 Å².